The first-order chi connectivity index (χ1) is 20.3. The molecule has 2 N–H and O–H groups in total. The molecule has 1 aromatic heterocycles. The fourth-order valence-corrected chi connectivity index (χ4v) is 6.39. The molecule has 13 heteroatoms. The van der Waals surface area contributed by atoms with Crippen molar-refractivity contribution in [2.24, 2.45) is 5.41 Å². The van der Waals surface area contributed by atoms with Gasteiger partial charge < -0.3 is 25.1 Å². The van der Waals surface area contributed by atoms with Crippen LogP contribution in [0, 0.1) is 23.7 Å². The lowest BCUT2D eigenvalue weighted by atomic mass is 9.72. The molecule has 1 spiro atoms. The summed E-state index contributed by atoms with van der Waals surface area (Å²) in [6, 6.07) is 8.71. The summed E-state index contributed by atoms with van der Waals surface area (Å²) in [7, 11) is 1.59. The van der Waals surface area contributed by atoms with Crippen molar-refractivity contribution in [1.29, 1.82) is 5.26 Å². The zero-order valence-corrected chi connectivity index (χ0v) is 24.1. The first-order valence-electron chi connectivity index (χ1n) is 14.0. The number of hydrogen-bond donors (Lipinski definition) is 2. The SMILES string of the molecule is C=CC(=O)N1CC2(CN(CC(O)CN3CC[C@H](Nc4nc(C)cc(C(F)(F)F)c4C#N)C(=O)N(C)c4ccccc43)C2)C1. The number of likely N-dealkylation sites (N-methyl/N-ethyl adjacent to an activating group) is 1. The molecule has 0 aliphatic carbocycles. The molecular formula is C30H34F3N7O3. The third-order valence-corrected chi connectivity index (χ3v) is 8.33. The third kappa shape index (κ3) is 6.03. The van der Waals surface area contributed by atoms with E-state index in [2.05, 4.69) is 21.8 Å². The van der Waals surface area contributed by atoms with Gasteiger partial charge in [0, 0.05) is 64.0 Å². The summed E-state index contributed by atoms with van der Waals surface area (Å²) in [5, 5.41) is 23.5. The molecule has 0 radical (unpaired) electrons. The monoisotopic (exact) mass is 597 g/mol. The summed E-state index contributed by atoms with van der Waals surface area (Å²) >= 11 is 0. The van der Waals surface area contributed by atoms with E-state index in [1.54, 1.807) is 30.1 Å². The van der Waals surface area contributed by atoms with Crippen molar-refractivity contribution in [2.75, 3.05) is 68.0 Å². The van der Waals surface area contributed by atoms with E-state index in [4.69, 9.17) is 0 Å². The number of aliphatic hydroxyl groups is 1. The van der Waals surface area contributed by atoms with Crippen LogP contribution >= 0.6 is 0 Å². The van der Waals surface area contributed by atoms with Crippen molar-refractivity contribution in [3.8, 4) is 6.07 Å². The Labute approximate surface area is 248 Å². The Morgan fingerprint density at radius 1 is 1.26 bits per heavy atom. The minimum atomic E-state index is -4.76. The number of nitriles is 1. The van der Waals surface area contributed by atoms with Gasteiger partial charge in [0.2, 0.25) is 11.8 Å². The van der Waals surface area contributed by atoms with E-state index in [0.717, 1.165) is 24.8 Å². The number of aromatic nitrogens is 1. The molecule has 2 saturated heterocycles. The number of aliphatic hydroxyl groups excluding tert-OH is 1. The van der Waals surface area contributed by atoms with Crippen LogP contribution in [0.4, 0.5) is 30.4 Å². The molecule has 2 atom stereocenters. The van der Waals surface area contributed by atoms with Gasteiger partial charge in [0.1, 0.15) is 23.5 Å². The van der Waals surface area contributed by atoms with Crippen molar-refractivity contribution in [1.82, 2.24) is 14.8 Å². The highest BCUT2D eigenvalue weighted by Gasteiger charge is 2.52. The van der Waals surface area contributed by atoms with Crippen molar-refractivity contribution < 1.29 is 27.9 Å². The van der Waals surface area contributed by atoms with Crippen molar-refractivity contribution in [2.45, 2.75) is 31.7 Å². The molecule has 1 unspecified atom stereocenters. The summed E-state index contributed by atoms with van der Waals surface area (Å²) in [4.78, 5) is 36.8. The maximum Gasteiger partial charge on any atom is 0.417 e. The van der Waals surface area contributed by atoms with Gasteiger partial charge in [-0.3, -0.25) is 14.5 Å². The zero-order chi connectivity index (χ0) is 31.1. The lowest BCUT2D eigenvalue weighted by Gasteiger charge is -2.60. The lowest BCUT2D eigenvalue weighted by Crippen LogP contribution is -2.73. The molecule has 2 aromatic rings. The minimum Gasteiger partial charge on any atom is -0.390 e. The normalized spacial score (nSPS) is 20.7. The smallest absolute Gasteiger partial charge is 0.390 e. The molecule has 3 aliphatic heterocycles. The molecule has 4 heterocycles. The van der Waals surface area contributed by atoms with Crippen molar-refractivity contribution in [3.05, 3.63) is 59.8 Å². The Balaban J connectivity index is 1.30. The van der Waals surface area contributed by atoms with Gasteiger partial charge in [-0.25, -0.2) is 4.98 Å². The number of pyridine rings is 1. The van der Waals surface area contributed by atoms with Crippen LogP contribution in [0.5, 0.6) is 0 Å². The first kappa shape index (κ1) is 30.3. The number of nitrogens with zero attached hydrogens (tertiary/aromatic N) is 6. The summed E-state index contributed by atoms with van der Waals surface area (Å²) < 4.78 is 41.1. The number of benzene rings is 1. The molecular weight excluding hydrogens is 563 g/mol. The predicted octanol–water partition coefficient (Wildman–Crippen LogP) is 2.63. The largest absolute Gasteiger partial charge is 0.417 e. The van der Waals surface area contributed by atoms with Gasteiger partial charge in [0.25, 0.3) is 0 Å². The number of likely N-dealkylation sites (tertiary alicyclic amines) is 2. The molecule has 3 aliphatic rings. The van der Waals surface area contributed by atoms with Crippen LogP contribution in [0.25, 0.3) is 0 Å². The topological polar surface area (TPSA) is 116 Å². The standard InChI is InChI=1S/C30H34F3N7O3/c1-4-26(42)40-17-29(18-40)15-38(16-29)13-20(41)14-39-10-9-23(28(43)37(3)24-7-5-6-8-25(24)39)36-27-21(12-34)22(30(31,32)33)11-19(2)35-27/h4-8,11,20,23,41H,1,9-10,13-18H2,2-3H3,(H,35,36)/t20?,23-/m0/s1. The van der Waals surface area contributed by atoms with Gasteiger partial charge >= 0.3 is 6.18 Å². The van der Waals surface area contributed by atoms with E-state index in [0.29, 0.717) is 31.9 Å². The quantitative estimate of drug-likeness (QED) is 0.469. The molecule has 2 fully saturated rings. The number of halogens is 3. The van der Waals surface area contributed by atoms with Crippen LogP contribution in [0.1, 0.15) is 23.2 Å². The molecule has 0 saturated carbocycles. The summed E-state index contributed by atoms with van der Waals surface area (Å²) in [5.74, 6) is -0.749. The van der Waals surface area contributed by atoms with Crippen molar-refractivity contribution >= 4 is 29.0 Å². The molecule has 1 aromatic carbocycles. The van der Waals surface area contributed by atoms with Gasteiger partial charge in [0.05, 0.1) is 23.0 Å². The second-order valence-corrected chi connectivity index (χ2v) is 11.7. The van der Waals surface area contributed by atoms with Crippen LogP contribution in [-0.4, -0.2) is 96.7 Å². The van der Waals surface area contributed by atoms with E-state index >= 15 is 0 Å². The molecule has 5 rings (SSSR count). The number of fused-ring (bicyclic) bond motifs is 1. The summed E-state index contributed by atoms with van der Waals surface area (Å²) in [5.41, 5.74) is -0.305. The Kier molecular flexibility index (Phi) is 8.11. The first-order valence-corrected chi connectivity index (χ1v) is 14.0. The Morgan fingerprint density at radius 2 is 1.93 bits per heavy atom. The van der Waals surface area contributed by atoms with Crippen LogP contribution < -0.4 is 15.1 Å². The minimum absolute atomic E-state index is 0.0604. The number of para-hydroxylation sites is 2. The number of carbonyl (C=O) groups excluding carboxylic acids is 2. The maximum absolute atomic E-state index is 13.7. The second-order valence-electron chi connectivity index (χ2n) is 11.7. The molecule has 2 amide bonds. The Hall–Kier alpha value is -4.15. The summed E-state index contributed by atoms with van der Waals surface area (Å²) in [6.45, 7) is 8.89. The average molecular weight is 598 g/mol. The van der Waals surface area contributed by atoms with Crippen LogP contribution in [0.3, 0.4) is 0 Å². The van der Waals surface area contributed by atoms with Crippen molar-refractivity contribution in [3.63, 3.8) is 0 Å². The van der Waals surface area contributed by atoms with Gasteiger partial charge in [0.15, 0.2) is 0 Å². The fourth-order valence-electron chi connectivity index (χ4n) is 6.39. The van der Waals surface area contributed by atoms with E-state index < -0.39 is 29.4 Å². The van der Waals surface area contributed by atoms with Gasteiger partial charge in [-0.1, -0.05) is 18.7 Å². The second kappa shape index (κ2) is 11.5. The van der Waals surface area contributed by atoms with E-state index in [-0.39, 0.29) is 41.7 Å². The number of aryl methyl sites for hydroxylation is 1. The number of rotatable bonds is 7. The molecule has 43 heavy (non-hydrogen) atoms. The highest BCUT2D eigenvalue weighted by Crippen LogP contribution is 2.40. The molecule has 10 nitrogen and oxygen atoms in total. The van der Waals surface area contributed by atoms with E-state index in [1.807, 2.05) is 17.0 Å². The van der Waals surface area contributed by atoms with Crippen LogP contribution in [-0.2, 0) is 15.8 Å². The number of hydrogen-bond acceptors (Lipinski definition) is 8. The lowest BCUT2D eigenvalue weighted by molar-refractivity contribution is -0.156. The number of anilines is 3. The Morgan fingerprint density at radius 3 is 2.56 bits per heavy atom. The zero-order valence-electron chi connectivity index (χ0n) is 24.1. The number of alkyl halides is 3. The maximum atomic E-state index is 13.7. The number of β-amino-alcohol motifs (C(OH)–C–C–N with tert-alkyl or cyclic N) is 1. The van der Waals surface area contributed by atoms with Gasteiger partial charge in [-0.15, -0.1) is 0 Å². The van der Waals surface area contributed by atoms with Gasteiger partial charge in [-0.2, -0.15) is 18.4 Å². The Bertz CT molecular complexity index is 1460. The predicted molar refractivity (Wildman–Crippen MR) is 154 cm³/mol. The van der Waals surface area contributed by atoms with Crippen LogP contribution in [0.2, 0.25) is 0 Å². The highest BCUT2D eigenvalue weighted by atomic mass is 19.4. The fraction of sp³-hybridized carbons (Fsp3) is 0.467. The van der Waals surface area contributed by atoms with Gasteiger partial charge in [-0.05, 0) is 37.6 Å². The molecule has 228 valence electrons. The average Bonchev–Trinajstić information content (AvgIpc) is 2.92. The number of amides is 2. The number of carbonyl (C=O) groups is 2. The third-order valence-electron chi connectivity index (χ3n) is 8.33. The van der Waals surface area contributed by atoms with E-state index in [1.165, 1.54) is 17.9 Å². The van der Waals surface area contributed by atoms with E-state index in [9.17, 15) is 33.1 Å². The highest BCUT2D eigenvalue weighted by molar-refractivity contribution is 6.01. The number of nitrogens with one attached hydrogen (secondary N) is 1. The molecule has 0 bridgehead atoms. The summed E-state index contributed by atoms with van der Waals surface area (Å²) in [6.07, 6.45) is -3.98. The van der Waals surface area contributed by atoms with Crippen LogP contribution in [0.15, 0.2) is 43.0 Å².